The van der Waals surface area contributed by atoms with Gasteiger partial charge in [0.15, 0.2) is 0 Å². The summed E-state index contributed by atoms with van der Waals surface area (Å²) in [6.45, 7) is 3.82. The van der Waals surface area contributed by atoms with E-state index in [0.717, 1.165) is 87.2 Å². The molecule has 6 heteroatoms. The molecule has 0 saturated carbocycles. The van der Waals surface area contributed by atoms with Crippen LogP contribution < -0.4 is 0 Å². The van der Waals surface area contributed by atoms with E-state index in [9.17, 15) is 8.78 Å². The highest BCUT2D eigenvalue weighted by atomic mass is 19.1. The van der Waals surface area contributed by atoms with Crippen molar-refractivity contribution in [2.24, 2.45) is 0 Å². The summed E-state index contributed by atoms with van der Waals surface area (Å²) in [7, 11) is 0. The highest BCUT2D eigenvalue weighted by molar-refractivity contribution is 6.38. The third kappa shape index (κ3) is 4.94. The third-order valence-electron chi connectivity index (χ3n) is 12.3. The number of rotatable bonds is 4. The van der Waals surface area contributed by atoms with Crippen LogP contribution in [-0.4, -0.2) is 0 Å². The zero-order valence-electron chi connectivity index (χ0n) is 32.2. The topological polar surface area (TPSA) is 26.3 Å². The van der Waals surface area contributed by atoms with E-state index in [1.165, 1.54) is 36.4 Å². The Morgan fingerprint density at radius 3 is 1.15 bits per heavy atom. The van der Waals surface area contributed by atoms with Crippen LogP contribution in [0.3, 0.4) is 0 Å². The molecule has 0 N–H and O–H groups in total. The maximum atomic E-state index is 16.3. The fraction of sp³-hybridized carbons (Fsp3) is 0.0370. The van der Waals surface area contributed by atoms with Crippen LogP contribution >= 0.6 is 0 Å². The minimum atomic E-state index is -0.352. The molecule has 0 fully saturated rings. The van der Waals surface area contributed by atoms with Gasteiger partial charge >= 0.3 is 0 Å². The Kier molecular flexibility index (Phi) is 7.22. The van der Waals surface area contributed by atoms with Gasteiger partial charge in [0.1, 0.15) is 45.6 Å². The van der Waals surface area contributed by atoms with Gasteiger partial charge in [0, 0.05) is 54.2 Å². The third-order valence-corrected chi connectivity index (χ3v) is 12.3. The molecule has 12 rings (SSSR count). The fourth-order valence-electron chi connectivity index (χ4n) is 9.56. The van der Waals surface area contributed by atoms with E-state index in [2.05, 4.69) is 12.1 Å². The van der Waals surface area contributed by atoms with E-state index in [1.807, 2.05) is 74.5 Å². The number of hydrogen-bond acceptors (Lipinski definition) is 2. The van der Waals surface area contributed by atoms with E-state index >= 15 is 8.78 Å². The van der Waals surface area contributed by atoms with Gasteiger partial charge in [-0.2, -0.15) is 0 Å². The molecule has 0 saturated heterocycles. The lowest BCUT2D eigenvalue weighted by Crippen LogP contribution is -1.96. The highest BCUT2D eigenvalue weighted by Gasteiger charge is 2.27. The molecule has 0 bridgehead atoms. The van der Waals surface area contributed by atoms with Crippen molar-refractivity contribution in [3.63, 3.8) is 0 Å². The van der Waals surface area contributed by atoms with Crippen LogP contribution in [0.4, 0.5) is 17.6 Å². The van der Waals surface area contributed by atoms with Crippen molar-refractivity contribution in [2.75, 3.05) is 0 Å². The van der Waals surface area contributed by atoms with Crippen molar-refractivity contribution in [1.29, 1.82) is 0 Å². The number of furan rings is 2. The fourth-order valence-corrected chi connectivity index (χ4v) is 9.56. The Balaban J connectivity index is 1.27. The molecule has 0 spiro atoms. The number of halogens is 4. The first-order valence-electron chi connectivity index (χ1n) is 19.7. The second-order valence-corrected chi connectivity index (χ2v) is 15.8. The van der Waals surface area contributed by atoms with Crippen molar-refractivity contribution in [1.82, 2.24) is 0 Å². The normalized spacial score (nSPS) is 12.2. The summed E-state index contributed by atoms with van der Waals surface area (Å²) >= 11 is 0. The van der Waals surface area contributed by atoms with Crippen molar-refractivity contribution < 1.29 is 26.4 Å². The minimum Gasteiger partial charge on any atom is -0.455 e. The van der Waals surface area contributed by atoms with E-state index < -0.39 is 0 Å². The molecule has 0 aliphatic rings. The quantitative estimate of drug-likeness (QED) is 0.131. The largest absolute Gasteiger partial charge is 0.455 e. The van der Waals surface area contributed by atoms with Gasteiger partial charge in [-0.3, -0.25) is 0 Å². The van der Waals surface area contributed by atoms with E-state index in [1.54, 1.807) is 36.4 Å². The average molecular weight is 787 g/mol. The molecular weight excluding hydrogens is 757 g/mol. The summed E-state index contributed by atoms with van der Waals surface area (Å²) in [6.07, 6.45) is 0. The van der Waals surface area contributed by atoms with Gasteiger partial charge in [0.2, 0.25) is 0 Å². The monoisotopic (exact) mass is 786 g/mol. The maximum Gasteiger partial charge on any atom is 0.143 e. The molecule has 2 nitrogen and oxygen atoms in total. The second kappa shape index (κ2) is 12.5. The van der Waals surface area contributed by atoms with Crippen LogP contribution in [0.5, 0.6) is 0 Å². The van der Waals surface area contributed by atoms with Gasteiger partial charge in [0.05, 0.1) is 0 Å². The molecule has 0 aliphatic carbocycles. The summed E-state index contributed by atoms with van der Waals surface area (Å²) in [5.74, 6) is -1.34. The summed E-state index contributed by atoms with van der Waals surface area (Å²) in [5.41, 5.74) is 9.79. The predicted molar refractivity (Wildman–Crippen MR) is 236 cm³/mol. The molecule has 12 aromatic rings. The SMILES string of the molecule is Cc1cccc(F)c1-c1cc2c3oc4cc(-c5ccc(F)cc5)ccc4c3cc3c(-c4c(C)cccc4F)cc4c5oc6cc(-c7ccc(F)cc7)ccc6c5cc1c4c32. The van der Waals surface area contributed by atoms with Crippen LogP contribution in [0.25, 0.3) is 121 Å². The van der Waals surface area contributed by atoms with Crippen molar-refractivity contribution in [3.05, 3.63) is 180 Å². The Morgan fingerprint density at radius 1 is 0.350 bits per heavy atom. The predicted octanol–water partition coefficient (Wildman–Crippen LogP) is 16.2. The number of aryl methyl sites for hydroxylation is 2. The standard InChI is InChI=1S/C54H30F4O2/c1-27-5-3-7-45(57)49(27)37-25-43-52-40(24-42-36-20-14-32(22-48(36)59-53(42)43)30-11-17-34(56)18-12-30)38(50-28(2)6-4-8-46(50)58)26-44-51(52)39(37)23-41-35-19-13-31(21-47(35)60-54(41)44)29-9-15-33(55)16-10-29/h3-26H,1-2H3. The first-order valence-corrected chi connectivity index (χ1v) is 19.7. The zero-order valence-corrected chi connectivity index (χ0v) is 32.2. The van der Waals surface area contributed by atoms with Gasteiger partial charge in [-0.1, -0.05) is 60.7 Å². The van der Waals surface area contributed by atoms with Crippen LogP contribution in [0, 0.1) is 37.1 Å². The van der Waals surface area contributed by atoms with Crippen molar-refractivity contribution in [3.8, 4) is 44.5 Å². The maximum absolute atomic E-state index is 16.3. The van der Waals surface area contributed by atoms with Crippen LogP contribution in [0.2, 0.25) is 0 Å². The Morgan fingerprint density at radius 2 is 0.750 bits per heavy atom. The van der Waals surface area contributed by atoms with Gasteiger partial charge in [0.25, 0.3) is 0 Å². The second-order valence-electron chi connectivity index (χ2n) is 15.8. The summed E-state index contributed by atoms with van der Waals surface area (Å²) < 4.78 is 74.1. The summed E-state index contributed by atoms with van der Waals surface area (Å²) in [5, 5.41) is 8.21. The molecule has 0 unspecified atom stereocenters. The minimum absolute atomic E-state index is 0.316. The Hall–Kier alpha value is -7.44. The van der Waals surface area contributed by atoms with E-state index in [-0.39, 0.29) is 23.3 Å². The molecule has 286 valence electrons. The number of hydrogen-bond donors (Lipinski definition) is 0. The van der Waals surface area contributed by atoms with Crippen molar-refractivity contribution >= 4 is 76.2 Å². The first-order chi connectivity index (χ1) is 29.2. The summed E-state index contributed by atoms with van der Waals surface area (Å²) in [6, 6.07) is 43.0. The molecule has 0 atom stereocenters. The van der Waals surface area contributed by atoms with Gasteiger partial charge in [-0.15, -0.1) is 0 Å². The lowest BCUT2D eigenvalue weighted by Gasteiger charge is -2.20. The molecule has 0 radical (unpaired) electrons. The molecule has 10 aromatic carbocycles. The molecule has 0 aliphatic heterocycles. The number of benzene rings is 10. The lowest BCUT2D eigenvalue weighted by molar-refractivity contribution is 0.627. The zero-order chi connectivity index (χ0) is 40.6. The molecule has 60 heavy (non-hydrogen) atoms. The lowest BCUT2D eigenvalue weighted by atomic mass is 9.83. The molecule has 2 aromatic heterocycles. The Bertz CT molecular complexity index is 3470. The van der Waals surface area contributed by atoms with Gasteiger partial charge < -0.3 is 8.83 Å². The average Bonchev–Trinajstić information content (AvgIpc) is 3.81. The van der Waals surface area contributed by atoms with Crippen molar-refractivity contribution in [2.45, 2.75) is 13.8 Å². The molecule has 0 amide bonds. The first kappa shape index (κ1) is 34.6. The van der Waals surface area contributed by atoms with Gasteiger partial charge in [-0.25, -0.2) is 17.6 Å². The van der Waals surface area contributed by atoms with Gasteiger partial charge in [-0.05, 0) is 154 Å². The molecule has 2 heterocycles. The van der Waals surface area contributed by atoms with Crippen LogP contribution in [0.1, 0.15) is 11.1 Å². The molecular formula is C54H30F4O2. The smallest absolute Gasteiger partial charge is 0.143 e. The number of fused-ring (bicyclic) bond motifs is 8. The van der Waals surface area contributed by atoms with E-state index in [0.29, 0.717) is 44.6 Å². The van der Waals surface area contributed by atoms with Crippen LogP contribution in [-0.2, 0) is 0 Å². The highest BCUT2D eigenvalue weighted by Crippen LogP contribution is 2.52. The Labute approximate surface area is 339 Å². The van der Waals surface area contributed by atoms with E-state index in [4.69, 9.17) is 8.83 Å². The summed E-state index contributed by atoms with van der Waals surface area (Å²) in [4.78, 5) is 0. The van der Waals surface area contributed by atoms with Crippen LogP contribution in [0.15, 0.2) is 154 Å².